The number of hydrogen-bond acceptors (Lipinski definition) is 5. The summed E-state index contributed by atoms with van der Waals surface area (Å²) in [6, 6.07) is 19.4. The molecule has 1 aromatic heterocycles. The quantitative estimate of drug-likeness (QED) is 0.581. The van der Waals surface area contributed by atoms with Crippen molar-refractivity contribution < 1.29 is 4.52 Å². The molecule has 3 rings (SSSR count). The molecule has 0 atom stereocenters. The fraction of sp³-hybridized carbons (Fsp3) is 0. The minimum atomic E-state index is 0.444. The third kappa shape index (κ3) is 2.72. The number of nitrogens with one attached hydrogen (secondary N) is 1. The van der Waals surface area contributed by atoms with Crippen LogP contribution >= 0.6 is 0 Å². The number of rotatable bonds is 4. The number of nitrogens with zero attached hydrogens (tertiary/aromatic N) is 3. The number of hydrazone groups is 1. The normalized spacial score (nSPS) is 11.3. The molecule has 1 N–H and O–H groups in total. The molecular weight excluding hydrogens is 252 g/mol. The van der Waals surface area contributed by atoms with Crippen LogP contribution in [0.4, 0.5) is 5.69 Å². The average Bonchev–Trinajstić information content (AvgIpc) is 3.04. The molecule has 0 saturated carbocycles. The largest absolute Gasteiger partial charge is 0.342 e. The fourth-order valence-corrected chi connectivity index (χ4v) is 1.75. The van der Waals surface area contributed by atoms with Gasteiger partial charge in [0.05, 0.1) is 5.69 Å². The van der Waals surface area contributed by atoms with Gasteiger partial charge in [0, 0.05) is 5.56 Å². The second-order valence-electron chi connectivity index (χ2n) is 4.06. The Balaban J connectivity index is 1.94. The Labute approximate surface area is 116 Å². The zero-order valence-electron chi connectivity index (χ0n) is 10.6. The number of anilines is 1. The lowest BCUT2D eigenvalue weighted by Crippen LogP contribution is -2.08. The highest BCUT2D eigenvalue weighted by molar-refractivity contribution is 6.10. The van der Waals surface area contributed by atoms with E-state index in [1.54, 1.807) is 0 Å². The number of benzene rings is 2. The number of hydrogen-bond donors (Lipinski definition) is 1. The summed E-state index contributed by atoms with van der Waals surface area (Å²) in [7, 11) is 0. The predicted octanol–water partition coefficient (Wildman–Crippen LogP) is 2.93. The van der Waals surface area contributed by atoms with E-state index in [9.17, 15) is 0 Å². The van der Waals surface area contributed by atoms with Crippen molar-refractivity contribution in [1.82, 2.24) is 10.1 Å². The SMILES string of the molecule is c1ccc(N/N=C(\c2ccccc2)c2ncon2)cc1. The first-order chi connectivity index (χ1) is 9.93. The van der Waals surface area contributed by atoms with Gasteiger partial charge < -0.3 is 4.52 Å². The molecule has 0 amide bonds. The summed E-state index contributed by atoms with van der Waals surface area (Å²) in [6.07, 6.45) is 1.29. The van der Waals surface area contributed by atoms with Crippen molar-refractivity contribution in [3.63, 3.8) is 0 Å². The molecule has 0 radical (unpaired) electrons. The minimum Gasteiger partial charge on any atom is -0.342 e. The van der Waals surface area contributed by atoms with Crippen LogP contribution in [-0.4, -0.2) is 15.9 Å². The van der Waals surface area contributed by atoms with Crippen LogP contribution < -0.4 is 5.43 Å². The van der Waals surface area contributed by atoms with Gasteiger partial charge in [-0.2, -0.15) is 10.1 Å². The molecule has 98 valence electrons. The molecule has 2 aromatic carbocycles. The van der Waals surface area contributed by atoms with E-state index in [2.05, 4.69) is 20.7 Å². The van der Waals surface area contributed by atoms with Crippen LogP contribution in [0.1, 0.15) is 11.4 Å². The van der Waals surface area contributed by atoms with Crippen molar-refractivity contribution in [1.29, 1.82) is 0 Å². The molecule has 0 aliphatic heterocycles. The summed E-state index contributed by atoms with van der Waals surface area (Å²) in [5.74, 6) is 0.444. The van der Waals surface area contributed by atoms with Crippen molar-refractivity contribution in [2.75, 3.05) is 5.43 Å². The van der Waals surface area contributed by atoms with E-state index in [1.165, 1.54) is 6.39 Å². The molecular formula is C15H12N4O. The lowest BCUT2D eigenvalue weighted by atomic mass is 10.1. The fourth-order valence-electron chi connectivity index (χ4n) is 1.75. The maximum Gasteiger partial charge on any atom is 0.223 e. The van der Waals surface area contributed by atoms with Crippen LogP contribution in [-0.2, 0) is 0 Å². The Hall–Kier alpha value is -2.95. The first-order valence-corrected chi connectivity index (χ1v) is 6.14. The number of para-hydroxylation sites is 1. The van der Waals surface area contributed by atoms with Gasteiger partial charge in [-0.3, -0.25) is 5.43 Å². The van der Waals surface area contributed by atoms with Gasteiger partial charge in [0.15, 0.2) is 0 Å². The van der Waals surface area contributed by atoms with E-state index in [4.69, 9.17) is 4.52 Å². The van der Waals surface area contributed by atoms with Gasteiger partial charge in [-0.25, -0.2) is 0 Å². The summed E-state index contributed by atoms with van der Waals surface area (Å²) < 4.78 is 4.80. The molecule has 5 nitrogen and oxygen atoms in total. The Morgan fingerprint density at radius 1 is 0.950 bits per heavy atom. The summed E-state index contributed by atoms with van der Waals surface area (Å²) in [5.41, 5.74) is 5.43. The second-order valence-corrected chi connectivity index (χ2v) is 4.06. The van der Waals surface area contributed by atoms with E-state index in [1.807, 2.05) is 60.7 Å². The Bertz CT molecular complexity index is 678. The molecule has 3 aromatic rings. The highest BCUT2D eigenvalue weighted by atomic mass is 16.5. The van der Waals surface area contributed by atoms with Gasteiger partial charge in [-0.15, -0.1) is 0 Å². The van der Waals surface area contributed by atoms with Gasteiger partial charge in [0.2, 0.25) is 12.2 Å². The van der Waals surface area contributed by atoms with E-state index >= 15 is 0 Å². The summed E-state index contributed by atoms with van der Waals surface area (Å²) >= 11 is 0. The van der Waals surface area contributed by atoms with Gasteiger partial charge in [-0.1, -0.05) is 53.7 Å². The van der Waals surface area contributed by atoms with Crippen LogP contribution in [0.25, 0.3) is 0 Å². The molecule has 0 aliphatic rings. The smallest absolute Gasteiger partial charge is 0.223 e. The van der Waals surface area contributed by atoms with Crippen molar-refractivity contribution in [3.8, 4) is 0 Å². The van der Waals surface area contributed by atoms with E-state index < -0.39 is 0 Å². The average molecular weight is 264 g/mol. The summed E-state index contributed by atoms with van der Waals surface area (Å²) in [5, 5.41) is 8.24. The van der Waals surface area contributed by atoms with Crippen LogP contribution in [0.3, 0.4) is 0 Å². The van der Waals surface area contributed by atoms with Crippen molar-refractivity contribution >= 4 is 11.4 Å². The lowest BCUT2D eigenvalue weighted by Gasteiger charge is -2.04. The first-order valence-electron chi connectivity index (χ1n) is 6.14. The Morgan fingerprint density at radius 3 is 2.30 bits per heavy atom. The van der Waals surface area contributed by atoms with Gasteiger partial charge in [0.1, 0.15) is 5.71 Å². The van der Waals surface area contributed by atoms with Gasteiger partial charge >= 0.3 is 0 Å². The minimum absolute atomic E-state index is 0.444. The van der Waals surface area contributed by atoms with E-state index in [0.29, 0.717) is 11.5 Å². The lowest BCUT2D eigenvalue weighted by molar-refractivity contribution is 0.415. The summed E-state index contributed by atoms with van der Waals surface area (Å²) in [6.45, 7) is 0. The monoisotopic (exact) mass is 264 g/mol. The molecule has 0 fully saturated rings. The summed E-state index contributed by atoms with van der Waals surface area (Å²) in [4.78, 5) is 4.06. The first kappa shape index (κ1) is 12.1. The molecule has 0 unspecified atom stereocenters. The molecule has 0 spiro atoms. The highest BCUT2D eigenvalue weighted by Gasteiger charge is 2.11. The molecule has 0 bridgehead atoms. The van der Waals surface area contributed by atoms with Crippen molar-refractivity contribution in [2.24, 2.45) is 5.10 Å². The van der Waals surface area contributed by atoms with Gasteiger partial charge in [0.25, 0.3) is 0 Å². The third-order valence-corrected chi connectivity index (χ3v) is 2.69. The maximum atomic E-state index is 4.80. The molecule has 0 saturated heterocycles. The van der Waals surface area contributed by atoms with E-state index in [0.717, 1.165) is 11.3 Å². The van der Waals surface area contributed by atoms with Gasteiger partial charge in [-0.05, 0) is 12.1 Å². The Morgan fingerprint density at radius 2 is 1.65 bits per heavy atom. The zero-order chi connectivity index (χ0) is 13.6. The zero-order valence-corrected chi connectivity index (χ0v) is 10.6. The second kappa shape index (κ2) is 5.79. The van der Waals surface area contributed by atoms with Crippen LogP contribution in [0, 0.1) is 0 Å². The molecule has 1 heterocycles. The van der Waals surface area contributed by atoms with E-state index in [-0.39, 0.29) is 0 Å². The molecule has 5 heteroatoms. The van der Waals surface area contributed by atoms with Crippen molar-refractivity contribution in [3.05, 3.63) is 78.4 Å². The highest BCUT2D eigenvalue weighted by Crippen LogP contribution is 2.10. The standard InChI is InChI=1S/C15H12N4O/c1-3-7-12(8-4-1)14(15-16-11-20-19-15)18-17-13-9-5-2-6-10-13/h1-11,17H/b18-14+. The third-order valence-electron chi connectivity index (χ3n) is 2.69. The maximum absolute atomic E-state index is 4.80. The molecule has 20 heavy (non-hydrogen) atoms. The number of aromatic nitrogens is 2. The van der Waals surface area contributed by atoms with Crippen LogP contribution in [0.2, 0.25) is 0 Å². The predicted molar refractivity (Wildman–Crippen MR) is 76.4 cm³/mol. The van der Waals surface area contributed by atoms with Crippen molar-refractivity contribution in [2.45, 2.75) is 0 Å². The topological polar surface area (TPSA) is 63.3 Å². The van der Waals surface area contributed by atoms with Crippen LogP contribution in [0.15, 0.2) is 76.7 Å². The van der Waals surface area contributed by atoms with Crippen LogP contribution in [0.5, 0.6) is 0 Å². The molecule has 0 aliphatic carbocycles. The Kier molecular flexibility index (Phi) is 3.51.